The number of nitrogens with zero attached hydrogens (tertiary/aromatic N) is 5. The van der Waals surface area contributed by atoms with Gasteiger partial charge in [-0.3, -0.25) is 4.79 Å². The van der Waals surface area contributed by atoms with Gasteiger partial charge in [0.05, 0.1) is 35.5 Å². The minimum atomic E-state index is -4.60. The Hall–Kier alpha value is -3.39. The summed E-state index contributed by atoms with van der Waals surface area (Å²) >= 11 is 0.957. The van der Waals surface area contributed by atoms with Gasteiger partial charge in [0, 0.05) is 19.2 Å². The third kappa shape index (κ3) is 6.05. The number of rotatable bonds is 7. The number of nitrogens with one attached hydrogen (secondary N) is 2. The fraction of sp³-hybridized carbons (Fsp3) is 0.409. The molecule has 0 saturated carbocycles. The highest BCUT2D eigenvalue weighted by molar-refractivity contribution is 7.10. The van der Waals surface area contributed by atoms with Crippen molar-refractivity contribution in [3.05, 3.63) is 47.7 Å². The van der Waals surface area contributed by atoms with Crippen LogP contribution in [0.5, 0.6) is 5.88 Å². The third-order valence-corrected chi connectivity index (χ3v) is 6.41. The number of hydrogen-bond acceptors (Lipinski definition) is 9. The van der Waals surface area contributed by atoms with E-state index in [0.29, 0.717) is 35.5 Å². The van der Waals surface area contributed by atoms with Gasteiger partial charge in [0.1, 0.15) is 23.1 Å². The van der Waals surface area contributed by atoms with Crippen molar-refractivity contribution in [2.75, 3.05) is 30.3 Å². The van der Waals surface area contributed by atoms with Gasteiger partial charge in [-0.2, -0.15) is 17.5 Å². The number of pyridine rings is 1. The van der Waals surface area contributed by atoms with E-state index in [-0.39, 0.29) is 17.3 Å². The summed E-state index contributed by atoms with van der Waals surface area (Å²) < 4.78 is 62.3. The maximum atomic E-state index is 14.4. The summed E-state index contributed by atoms with van der Waals surface area (Å²) in [7, 11) is 0. The van der Waals surface area contributed by atoms with Gasteiger partial charge < -0.3 is 20.3 Å². The van der Waals surface area contributed by atoms with E-state index >= 15 is 0 Å². The number of likely N-dealkylation sites (tertiary alicyclic amines) is 1. The molecule has 0 aromatic carbocycles. The monoisotopic (exact) mass is 525 g/mol. The van der Waals surface area contributed by atoms with E-state index < -0.39 is 30.1 Å². The first kappa shape index (κ1) is 25.7. The smallest absolute Gasteiger partial charge is 0.434 e. The van der Waals surface area contributed by atoms with E-state index in [4.69, 9.17) is 4.74 Å². The van der Waals surface area contributed by atoms with Crippen LogP contribution in [-0.2, 0) is 6.18 Å². The molecule has 1 saturated heterocycles. The van der Waals surface area contributed by atoms with E-state index in [0.717, 1.165) is 30.8 Å². The molecule has 1 amide bonds. The maximum Gasteiger partial charge on any atom is 0.434 e. The van der Waals surface area contributed by atoms with Gasteiger partial charge in [-0.1, -0.05) is 6.92 Å². The van der Waals surface area contributed by atoms with E-state index in [1.807, 2.05) is 11.8 Å². The van der Waals surface area contributed by atoms with Crippen molar-refractivity contribution in [3.63, 3.8) is 0 Å². The molecule has 1 fully saturated rings. The predicted molar refractivity (Wildman–Crippen MR) is 125 cm³/mol. The summed E-state index contributed by atoms with van der Waals surface area (Å²) in [6.45, 7) is 5.46. The molecule has 3 aromatic rings. The molecule has 0 unspecified atom stereocenters. The summed E-state index contributed by atoms with van der Waals surface area (Å²) in [6.07, 6.45) is -2.83. The Bertz CT molecular complexity index is 1190. The van der Waals surface area contributed by atoms with Crippen LogP contribution >= 0.6 is 11.5 Å². The molecule has 2 N–H and O–H groups in total. The van der Waals surface area contributed by atoms with Crippen LogP contribution in [0.4, 0.5) is 34.1 Å². The minimum Gasteiger partial charge on any atom is -0.471 e. The standard InChI is InChI=1S/C22H23F4N7O2S/c1-3-33-7-6-15(14(23)11-33)35-18-5-4-13(8-29-18)30-20(34)19-12(2)32-36-21(19)31-17-10-27-16(9-28-17)22(24,25)26/h4-5,8-10,14-15H,3,6-7,11H2,1-2H3,(H,28,31)(H,30,34)/t14-,15-/m0/s1. The molecule has 0 aliphatic carbocycles. The number of halogens is 4. The summed E-state index contributed by atoms with van der Waals surface area (Å²) in [4.78, 5) is 26.2. The fourth-order valence-corrected chi connectivity index (χ4v) is 4.42. The van der Waals surface area contributed by atoms with Crippen molar-refractivity contribution in [3.8, 4) is 5.88 Å². The summed E-state index contributed by atoms with van der Waals surface area (Å²) in [5.74, 6) is -0.225. The topological polar surface area (TPSA) is 105 Å². The number of aromatic nitrogens is 4. The summed E-state index contributed by atoms with van der Waals surface area (Å²) in [6, 6.07) is 3.13. The van der Waals surface area contributed by atoms with E-state index in [2.05, 4.69) is 30.0 Å². The molecule has 0 spiro atoms. The first-order valence-corrected chi connectivity index (χ1v) is 11.8. The Balaban J connectivity index is 1.39. The number of carbonyl (C=O) groups is 1. The Morgan fingerprint density at radius 2 is 2.03 bits per heavy atom. The molecule has 4 rings (SSSR count). The zero-order valence-corrected chi connectivity index (χ0v) is 20.2. The number of hydrogen-bond donors (Lipinski definition) is 2. The molecule has 0 bridgehead atoms. The van der Waals surface area contributed by atoms with Crippen molar-refractivity contribution in [1.82, 2.24) is 24.2 Å². The molecule has 0 radical (unpaired) electrons. The average molecular weight is 526 g/mol. The number of aryl methyl sites for hydroxylation is 1. The lowest BCUT2D eigenvalue weighted by Crippen LogP contribution is -2.46. The van der Waals surface area contributed by atoms with Crippen LogP contribution in [0.15, 0.2) is 30.7 Å². The summed E-state index contributed by atoms with van der Waals surface area (Å²) in [5.41, 5.74) is -0.138. The van der Waals surface area contributed by atoms with Crippen LogP contribution in [0.3, 0.4) is 0 Å². The second kappa shape index (κ2) is 10.7. The van der Waals surface area contributed by atoms with E-state index in [1.54, 1.807) is 19.1 Å². The van der Waals surface area contributed by atoms with Gasteiger partial charge in [-0.15, -0.1) is 0 Å². The average Bonchev–Trinajstić information content (AvgIpc) is 3.21. The van der Waals surface area contributed by atoms with Gasteiger partial charge in [-0.05, 0) is 37.5 Å². The quantitative estimate of drug-likeness (QED) is 0.436. The van der Waals surface area contributed by atoms with Crippen LogP contribution in [0.1, 0.15) is 35.1 Å². The van der Waals surface area contributed by atoms with Gasteiger partial charge in [0.2, 0.25) is 5.88 Å². The van der Waals surface area contributed by atoms with E-state index in [9.17, 15) is 22.4 Å². The van der Waals surface area contributed by atoms with Crippen molar-refractivity contribution in [2.45, 2.75) is 38.7 Å². The Morgan fingerprint density at radius 1 is 1.22 bits per heavy atom. The van der Waals surface area contributed by atoms with Crippen LogP contribution in [0.25, 0.3) is 0 Å². The molecule has 36 heavy (non-hydrogen) atoms. The number of anilines is 3. The van der Waals surface area contributed by atoms with Crippen molar-refractivity contribution in [2.24, 2.45) is 0 Å². The molecule has 1 aliphatic rings. The normalized spacial score (nSPS) is 18.6. The summed E-state index contributed by atoms with van der Waals surface area (Å²) in [5, 5.41) is 5.77. The van der Waals surface area contributed by atoms with Gasteiger partial charge in [0.15, 0.2) is 5.69 Å². The second-order valence-electron chi connectivity index (χ2n) is 8.08. The Labute approximate surface area is 208 Å². The number of ether oxygens (including phenoxy) is 1. The van der Waals surface area contributed by atoms with Gasteiger partial charge >= 0.3 is 6.18 Å². The maximum absolute atomic E-state index is 14.4. The number of piperidine rings is 1. The highest BCUT2D eigenvalue weighted by Gasteiger charge is 2.33. The Morgan fingerprint density at radius 3 is 2.64 bits per heavy atom. The number of alkyl halides is 4. The first-order valence-electron chi connectivity index (χ1n) is 11.1. The molecular formula is C22H23F4N7O2S. The first-order chi connectivity index (χ1) is 17.1. The largest absolute Gasteiger partial charge is 0.471 e. The highest BCUT2D eigenvalue weighted by Crippen LogP contribution is 2.30. The van der Waals surface area contributed by atoms with Crippen LogP contribution in [0, 0.1) is 6.92 Å². The van der Waals surface area contributed by atoms with Crippen molar-refractivity contribution in [1.29, 1.82) is 0 Å². The molecular weight excluding hydrogens is 502 g/mol. The van der Waals surface area contributed by atoms with Gasteiger partial charge in [0.25, 0.3) is 5.91 Å². The lowest BCUT2D eigenvalue weighted by atomic mass is 10.1. The van der Waals surface area contributed by atoms with Crippen LogP contribution in [0.2, 0.25) is 0 Å². The number of carbonyl (C=O) groups excluding carboxylic acids is 1. The molecule has 4 heterocycles. The molecule has 3 aromatic heterocycles. The highest BCUT2D eigenvalue weighted by atomic mass is 32.1. The molecule has 192 valence electrons. The number of amides is 1. The second-order valence-corrected chi connectivity index (χ2v) is 8.85. The van der Waals surface area contributed by atoms with Gasteiger partial charge in [-0.25, -0.2) is 19.3 Å². The molecule has 2 atom stereocenters. The zero-order chi connectivity index (χ0) is 25.9. The third-order valence-electron chi connectivity index (χ3n) is 5.55. The molecule has 9 nitrogen and oxygen atoms in total. The van der Waals surface area contributed by atoms with Crippen LogP contribution in [-0.4, -0.2) is 62.0 Å². The SMILES string of the molecule is CCN1CC[C@H](Oc2ccc(NC(=O)c3c(C)nsc3Nc3cnc(C(F)(F)F)cn3)cn2)[C@@H](F)C1. The van der Waals surface area contributed by atoms with Crippen molar-refractivity contribution >= 4 is 33.9 Å². The predicted octanol–water partition coefficient (Wildman–Crippen LogP) is 4.46. The minimum absolute atomic E-state index is 0.0276. The van der Waals surface area contributed by atoms with E-state index in [1.165, 1.54) is 6.20 Å². The molecule has 1 aliphatic heterocycles. The Kier molecular flexibility index (Phi) is 7.64. The van der Waals surface area contributed by atoms with Crippen molar-refractivity contribution < 1.29 is 27.1 Å². The lowest BCUT2D eigenvalue weighted by molar-refractivity contribution is -0.141. The fourth-order valence-electron chi connectivity index (χ4n) is 3.62. The van der Waals surface area contributed by atoms with Crippen LogP contribution < -0.4 is 15.4 Å². The zero-order valence-electron chi connectivity index (χ0n) is 19.3. The lowest BCUT2D eigenvalue weighted by Gasteiger charge is -2.33. The molecule has 14 heteroatoms.